The lowest BCUT2D eigenvalue weighted by Crippen LogP contribution is -2.38. The van der Waals surface area contributed by atoms with E-state index in [1.54, 1.807) is 0 Å². The number of hydrogen-bond acceptors (Lipinski definition) is 2. The van der Waals surface area contributed by atoms with Crippen LogP contribution < -0.4 is 5.32 Å². The first kappa shape index (κ1) is 10.7. The van der Waals surface area contributed by atoms with Gasteiger partial charge in [0.15, 0.2) is 0 Å². The zero-order chi connectivity index (χ0) is 10.9. The first-order valence-electron chi connectivity index (χ1n) is 5.83. The van der Waals surface area contributed by atoms with Crippen LogP contribution in [0.15, 0.2) is 6.20 Å². The van der Waals surface area contributed by atoms with Gasteiger partial charge in [-0.25, -0.2) is 0 Å². The summed E-state index contributed by atoms with van der Waals surface area (Å²) in [5.74, 6) is 0. The van der Waals surface area contributed by atoms with Crippen LogP contribution in [-0.2, 0) is 13.6 Å². The minimum absolute atomic E-state index is 0.363. The highest BCUT2D eigenvalue weighted by Gasteiger charge is 2.27. The van der Waals surface area contributed by atoms with Crippen molar-refractivity contribution in [2.45, 2.75) is 51.6 Å². The summed E-state index contributed by atoms with van der Waals surface area (Å²) in [6.07, 6.45) is 7.48. The summed E-state index contributed by atoms with van der Waals surface area (Å²) >= 11 is 0. The molecule has 1 N–H and O–H groups in total. The Morgan fingerprint density at radius 1 is 1.47 bits per heavy atom. The largest absolute Gasteiger partial charge is 0.307 e. The molecule has 0 spiro atoms. The highest BCUT2D eigenvalue weighted by Crippen LogP contribution is 2.29. The van der Waals surface area contributed by atoms with Crippen molar-refractivity contribution < 1.29 is 0 Å². The third-order valence-corrected chi connectivity index (χ3v) is 3.53. The molecule has 84 valence electrons. The summed E-state index contributed by atoms with van der Waals surface area (Å²) in [4.78, 5) is 0. The van der Waals surface area contributed by atoms with E-state index < -0.39 is 0 Å². The van der Waals surface area contributed by atoms with Gasteiger partial charge in [-0.2, -0.15) is 5.10 Å². The zero-order valence-electron chi connectivity index (χ0n) is 10.0. The first-order chi connectivity index (χ1) is 7.09. The van der Waals surface area contributed by atoms with Gasteiger partial charge in [-0.15, -0.1) is 0 Å². The lowest BCUT2D eigenvalue weighted by molar-refractivity contribution is 0.362. The van der Waals surface area contributed by atoms with Crippen molar-refractivity contribution in [3.8, 4) is 0 Å². The summed E-state index contributed by atoms with van der Waals surface area (Å²) in [6.45, 7) is 5.37. The van der Waals surface area contributed by atoms with Gasteiger partial charge < -0.3 is 5.32 Å². The number of rotatable bonds is 3. The smallest absolute Gasteiger partial charge is 0.0638 e. The molecule has 1 heterocycles. The fourth-order valence-electron chi connectivity index (χ4n) is 2.46. The predicted octanol–water partition coefficient (Wildman–Crippen LogP) is 2.15. The molecule has 1 aliphatic carbocycles. The minimum Gasteiger partial charge on any atom is -0.307 e. The number of nitrogens with one attached hydrogen (secondary N) is 1. The highest BCUT2D eigenvalue weighted by molar-refractivity contribution is 5.15. The third kappa shape index (κ3) is 2.40. The van der Waals surface area contributed by atoms with Crippen LogP contribution in [0.25, 0.3) is 0 Å². The van der Waals surface area contributed by atoms with Gasteiger partial charge in [-0.05, 0) is 26.7 Å². The molecule has 3 nitrogen and oxygen atoms in total. The van der Waals surface area contributed by atoms with E-state index in [9.17, 15) is 0 Å². The Hall–Kier alpha value is -0.830. The number of hydrogen-bond donors (Lipinski definition) is 1. The van der Waals surface area contributed by atoms with Crippen LogP contribution in [0, 0.1) is 6.92 Å². The quantitative estimate of drug-likeness (QED) is 0.823. The molecule has 0 radical (unpaired) electrons. The van der Waals surface area contributed by atoms with Crippen LogP contribution in [0.3, 0.4) is 0 Å². The van der Waals surface area contributed by atoms with E-state index in [1.165, 1.54) is 31.2 Å². The van der Waals surface area contributed by atoms with E-state index in [0.717, 1.165) is 12.2 Å². The van der Waals surface area contributed by atoms with Gasteiger partial charge >= 0.3 is 0 Å². The molecular formula is C12H21N3. The molecule has 0 bridgehead atoms. The Morgan fingerprint density at radius 2 is 2.13 bits per heavy atom. The van der Waals surface area contributed by atoms with Crippen LogP contribution in [0.4, 0.5) is 0 Å². The lowest BCUT2D eigenvalue weighted by Gasteiger charge is -2.25. The van der Waals surface area contributed by atoms with Crippen LogP contribution in [0.1, 0.15) is 43.9 Å². The summed E-state index contributed by atoms with van der Waals surface area (Å²) < 4.78 is 1.89. The first-order valence-corrected chi connectivity index (χ1v) is 5.83. The molecule has 1 saturated carbocycles. The number of aryl methyl sites for hydroxylation is 2. The average Bonchev–Trinajstić information content (AvgIpc) is 2.71. The molecule has 1 fully saturated rings. The molecule has 0 aliphatic heterocycles. The van der Waals surface area contributed by atoms with E-state index in [-0.39, 0.29) is 0 Å². The monoisotopic (exact) mass is 207 g/mol. The Balaban J connectivity index is 1.95. The standard InChI is InChI=1S/C12H21N3/c1-10-11(9-15(3)14-10)8-13-12(2)6-4-5-7-12/h9,13H,4-8H2,1-3H3. The fourth-order valence-corrected chi connectivity index (χ4v) is 2.46. The van der Waals surface area contributed by atoms with Crippen molar-refractivity contribution >= 4 is 0 Å². The maximum absolute atomic E-state index is 4.36. The maximum Gasteiger partial charge on any atom is 0.0638 e. The van der Waals surface area contributed by atoms with E-state index in [0.29, 0.717) is 5.54 Å². The van der Waals surface area contributed by atoms with Gasteiger partial charge in [0.05, 0.1) is 5.69 Å². The van der Waals surface area contributed by atoms with E-state index in [2.05, 4.69) is 30.5 Å². The second-order valence-electron chi connectivity index (χ2n) is 5.03. The van der Waals surface area contributed by atoms with Gasteiger partial charge in [0.2, 0.25) is 0 Å². The molecule has 0 unspecified atom stereocenters. The zero-order valence-corrected chi connectivity index (χ0v) is 10.0. The molecular weight excluding hydrogens is 186 g/mol. The Morgan fingerprint density at radius 3 is 2.67 bits per heavy atom. The van der Waals surface area contributed by atoms with Gasteiger partial charge in [-0.3, -0.25) is 4.68 Å². The maximum atomic E-state index is 4.36. The summed E-state index contributed by atoms with van der Waals surface area (Å²) in [6, 6.07) is 0. The molecule has 1 aliphatic rings. The van der Waals surface area contributed by atoms with Crippen molar-refractivity contribution in [1.29, 1.82) is 0 Å². The van der Waals surface area contributed by atoms with Crippen LogP contribution >= 0.6 is 0 Å². The number of nitrogens with zero attached hydrogens (tertiary/aromatic N) is 2. The van der Waals surface area contributed by atoms with Gasteiger partial charge in [0.1, 0.15) is 0 Å². The molecule has 0 amide bonds. The topological polar surface area (TPSA) is 29.9 Å². The average molecular weight is 207 g/mol. The highest BCUT2D eigenvalue weighted by atomic mass is 15.3. The Labute approximate surface area is 91.9 Å². The second-order valence-corrected chi connectivity index (χ2v) is 5.03. The molecule has 3 heteroatoms. The molecule has 2 rings (SSSR count). The molecule has 1 aromatic rings. The fraction of sp³-hybridized carbons (Fsp3) is 0.750. The predicted molar refractivity (Wildman–Crippen MR) is 61.7 cm³/mol. The van der Waals surface area contributed by atoms with Gasteiger partial charge in [0, 0.05) is 30.9 Å². The van der Waals surface area contributed by atoms with E-state index in [1.807, 2.05) is 11.7 Å². The SMILES string of the molecule is Cc1nn(C)cc1CNC1(C)CCCC1. The van der Waals surface area contributed by atoms with Crippen LogP contribution in [0.2, 0.25) is 0 Å². The van der Waals surface area contributed by atoms with Crippen molar-refractivity contribution in [3.63, 3.8) is 0 Å². The Bertz CT molecular complexity index is 335. The van der Waals surface area contributed by atoms with Crippen LogP contribution in [0.5, 0.6) is 0 Å². The van der Waals surface area contributed by atoms with Crippen molar-refractivity contribution in [2.75, 3.05) is 0 Å². The van der Waals surface area contributed by atoms with Crippen molar-refractivity contribution in [2.24, 2.45) is 7.05 Å². The van der Waals surface area contributed by atoms with E-state index in [4.69, 9.17) is 0 Å². The van der Waals surface area contributed by atoms with Crippen molar-refractivity contribution in [1.82, 2.24) is 15.1 Å². The molecule has 1 aromatic heterocycles. The lowest BCUT2D eigenvalue weighted by atomic mass is 10.0. The summed E-state index contributed by atoms with van der Waals surface area (Å²) in [7, 11) is 1.98. The minimum atomic E-state index is 0.363. The van der Waals surface area contributed by atoms with Gasteiger partial charge in [-0.1, -0.05) is 12.8 Å². The molecule has 0 atom stereocenters. The summed E-state index contributed by atoms with van der Waals surface area (Å²) in [5, 5.41) is 8.03. The normalized spacial score (nSPS) is 19.7. The van der Waals surface area contributed by atoms with Crippen molar-refractivity contribution in [3.05, 3.63) is 17.5 Å². The Kier molecular flexibility index (Phi) is 2.83. The number of aromatic nitrogens is 2. The second kappa shape index (κ2) is 3.97. The van der Waals surface area contributed by atoms with Crippen LogP contribution in [-0.4, -0.2) is 15.3 Å². The summed E-state index contributed by atoms with van der Waals surface area (Å²) in [5.41, 5.74) is 2.83. The van der Waals surface area contributed by atoms with Gasteiger partial charge in [0.25, 0.3) is 0 Å². The third-order valence-electron chi connectivity index (χ3n) is 3.53. The molecule has 15 heavy (non-hydrogen) atoms. The molecule has 0 aromatic carbocycles. The molecule has 0 saturated heterocycles. The van der Waals surface area contributed by atoms with E-state index >= 15 is 0 Å².